The van der Waals surface area contributed by atoms with Crippen molar-refractivity contribution in [3.8, 4) is 5.75 Å². The molecule has 1 heterocycles. The zero-order chi connectivity index (χ0) is 23.4. The lowest BCUT2D eigenvalue weighted by Crippen LogP contribution is -2.18. The Hall–Kier alpha value is -3.05. The van der Waals surface area contributed by atoms with Gasteiger partial charge in [-0.05, 0) is 84.0 Å². The summed E-state index contributed by atoms with van der Waals surface area (Å²) in [5.74, 6) is 1.37. The van der Waals surface area contributed by atoms with Gasteiger partial charge in [-0.1, -0.05) is 26.0 Å². The summed E-state index contributed by atoms with van der Waals surface area (Å²) in [4.78, 5) is 13.7. The summed E-state index contributed by atoms with van der Waals surface area (Å²) >= 11 is 1.74. The molecule has 1 unspecified atom stereocenters. The first-order valence-electron chi connectivity index (χ1n) is 11.3. The highest BCUT2D eigenvalue weighted by atomic mass is 32.2. The fourth-order valence-electron chi connectivity index (χ4n) is 4.08. The largest absolute Gasteiger partial charge is 0.497 e. The molecule has 0 saturated carbocycles. The number of thioether (sulfide) groups is 1. The van der Waals surface area contributed by atoms with Crippen LogP contribution in [0.3, 0.4) is 0 Å². The summed E-state index contributed by atoms with van der Waals surface area (Å²) in [6.45, 7) is 4.14. The number of benzene rings is 3. The Morgan fingerprint density at radius 1 is 1.03 bits per heavy atom. The number of hydrogen-bond acceptors (Lipinski definition) is 5. The molecule has 4 nitrogen and oxygen atoms in total. The van der Waals surface area contributed by atoms with Gasteiger partial charge in [-0.15, -0.1) is 11.8 Å². The summed E-state index contributed by atoms with van der Waals surface area (Å²) in [5, 5.41) is 7.11. The Morgan fingerprint density at radius 2 is 1.70 bits per heavy atom. The van der Waals surface area contributed by atoms with E-state index in [1.54, 1.807) is 18.9 Å². The van der Waals surface area contributed by atoms with E-state index in [0.29, 0.717) is 12.3 Å². The molecule has 5 heteroatoms. The number of hydrogen-bond donors (Lipinski definition) is 0. The topological polar surface area (TPSA) is 41.9 Å². The quantitative estimate of drug-likeness (QED) is 0.269. The third-order valence-corrected chi connectivity index (χ3v) is 6.63. The van der Waals surface area contributed by atoms with Crippen molar-refractivity contribution in [1.82, 2.24) is 0 Å². The normalized spacial score (nSPS) is 15.6. The minimum absolute atomic E-state index is 0.0928. The molecule has 0 aromatic heterocycles. The molecular weight excluding hydrogens is 428 g/mol. The van der Waals surface area contributed by atoms with Gasteiger partial charge in [0.1, 0.15) is 5.75 Å². The van der Waals surface area contributed by atoms with Gasteiger partial charge in [0.15, 0.2) is 5.78 Å². The van der Waals surface area contributed by atoms with E-state index in [4.69, 9.17) is 9.84 Å². The fraction of sp³-hybridized carbons (Fsp3) is 0.286. The van der Waals surface area contributed by atoms with Gasteiger partial charge < -0.3 is 4.74 Å². The molecule has 1 atom stereocenters. The van der Waals surface area contributed by atoms with Crippen LogP contribution in [0.1, 0.15) is 54.2 Å². The van der Waals surface area contributed by atoms with Crippen LogP contribution in [0.5, 0.6) is 5.75 Å². The smallest absolute Gasteiger partial charge is 0.163 e. The lowest BCUT2D eigenvalue weighted by molar-refractivity contribution is 0.0968. The first-order valence-corrected chi connectivity index (χ1v) is 12.5. The maximum Gasteiger partial charge on any atom is 0.163 e. The van der Waals surface area contributed by atoms with Crippen LogP contribution < -0.4 is 9.75 Å². The molecule has 33 heavy (non-hydrogen) atoms. The first-order chi connectivity index (χ1) is 16.0. The molecule has 1 aliphatic rings. The number of carbonyl (C=O) groups is 1. The van der Waals surface area contributed by atoms with Gasteiger partial charge in [-0.2, -0.15) is 5.10 Å². The van der Waals surface area contributed by atoms with Crippen LogP contribution in [0.15, 0.2) is 82.8 Å². The minimum atomic E-state index is 0.0928. The Bertz CT molecular complexity index is 1120. The second-order valence-electron chi connectivity index (χ2n) is 8.68. The van der Waals surface area contributed by atoms with Crippen LogP contribution in [0.4, 0.5) is 5.69 Å². The minimum Gasteiger partial charge on any atom is -0.497 e. The molecule has 0 aliphatic carbocycles. The van der Waals surface area contributed by atoms with E-state index in [2.05, 4.69) is 61.5 Å². The molecule has 0 saturated heterocycles. The molecule has 0 bridgehead atoms. The molecule has 170 valence electrons. The number of Topliss-reactive ketones (excluding diaryl/α,β-unsaturated/α-hetero) is 1. The zero-order valence-electron chi connectivity index (χ0n) is 19.6. The molecule has 0 amide bonds. The van der Waals surface area contributed by atoms with E-state index < -0.39 is 0 Å². The molecular formula is C28H30N2O2S. The van der Waals surface area contributed by atoms with Crippen LogP contribution in [0, 0.1) is 5.92 Å². The average Bonchev–Trinajstić information content (AvgIpc) is 3.29. The molecule has 4 rings (SSSR count). The Morgan fingerprint density at radius 3 is 2.27 bits per heavy atom. The highest BCUT2D eigenvalue weighted by Gasteiger charge is 2.30. The monoisotopic (exact) mass is 458 g/mol. The van der Waals surface area contributed by atoms with Crippen molar-refractivity contribution in [2.75, 3.05) is 18.4 Å². The summed E-state index contributed by atoms with van der Waals surface area (Å²) in [6, 6.07) is 24.7. The third-order valence-electron chi connectivity index (χ3n) is 5.88. The molecule has 0 N–H and O–H groups in total. The van der Waals surface area contributed by atoms with E-state index in [0.717, 1.165) is 34.7 Å². The van der Waals surface area contributed by atoms with Crippen molar-refractivity contribution < 1.29 is 9.53 Å². The summed E-state index contributed by atoms with van der Waals surface area (Å²) in [5.41, 5.74) is 5.09. The van der Waals surface area contributed by atoms with Gasteiger partial charge in [0.2, 0.25) is 0 Å². The van der Waals surface area contributed by atoms with Crippen molar-refractivity contribution in [3.63, 3.8) is 0 Å². The van der Waals surface area contributed by atoms with Crippen LogP contribution in [0.25, 0.3) is 0 Å². The second kappa shape index (κ2) is 10.3. The highest BCUT2D eigenvalue weighted by molar-refractivity contribution is 7.98. The molecule has 3 aromatic carbocycles. The third kappa shape index (κ3) is 5.31. The Balaban J connectivity index is 1.66. The van der Waals surface area contributed by atoms with Crippen molar-refractivity contribution in [1.29, 1.82) is 0 Å². The van der Waals surface area contributed by atoms with Crippen LogP contribution in [-0.2, 0) is 0 Å². The van der Waals surface area contributed by atoms with E-state index in [-0.39, 0.29) is 11.8 Å². The number of hydrazone groups is 1. The van der Waals surface area contributed by atoms with Crippen LogP contribution in [-0.4, -0.2) is 24.9 Å². The van der Waals surface area contributed by atoms with E-state index >= 15 is 0 Å². The predicted octanol–water partition coefficient (Wildman–Crippen LogP) is 7.00. The van der Waals surface area contributed by atoms with Gasteiger partial charge in [-0.3, -0.25) is 9.80 Å². The number of anilines is 1. The number of carbonyl (C=O) groups excluding carboxylic acids is 1. The van der Waals surface area contributed by atoms with Crippen molar-refractivity contribution >= 4 is 28.9 Å². The Kier molecular flexibility index (Phi) is 7.19. The standard InChI is InChI=1S/C28H30N2O2S/c1-19(2)17-28(31)22-5-11-23(12-6-22)30-27(21-9-15-25(33-4)16-10-21)18-26(29-30)20-7-13-24(32-3)14-8-20/h5-16,19,27H,17-18H2,1-4H3. The highest BCUT2D eigenvalue weighted by Crippen LogP contribution is 2.37. The van der Waals surface area contributed by atoms with E-state index in [1.165, 1.54) is 10.5 Å². The maximum absolute atomic E-state index is 12.5. The second-order valence-corrected chi connectivity index (χ2v) is 9.56. The first kappa shape index (κ1) is 23.1. The summed E-state index contributed by atoms with van der Waals surface area (Å²) in [6.07, 6.45) is 3.45. The Labute approximate surface area is 200 Å². The van der Waals surface area contributed by atoms with Crippen LogP contribution in [0.2, 0.25) is 0 Å². The van der Waals surface area contributed by atoms with Gasteiger partial charge in [0, 0.05) is 23.3 Å². The zero-order valence-corrected chi connectivity index (χ0v) is 20.4. The number of methoxy groups -OCH3 is 1. The molecule has 3 aromatic rings. The summed E-state index contributed by atoms with van der Waals surface area (Å²) in [7, 11) is 1.67. The van der Waals surface area contributed by atoms with E-state index in [1.807, 2.05) is 36.4 Å². The lowest BCUT2D eigenvalue weighted by Gasteiger charge is -2.24. The number of rotatable bonds is 8. The van der Waals surface area contributed by atoms with Crippen molar-refractivity contribution in [2.45, 2.75) is 37.6 Å². The average molecular weight is 459 g/mol. The van der Waals surface area contributed by atoms with Gasteiger partial charge in [-0.25, -0.2) is 0 Å². The molecule has 0 radical (unpaired) electrons. The molecule has 0 fully saturated rings. The molecule has 0 spiro atoms. The van der Waals surface area contributed by atoms with Gasteiger partial charge >= 0.3 is 0 Å². The fourth-order valence-corrected chi connectivity index (χ4v) is 4.49. The predicted molar refractivity (Wildman–Crippen MR) is 138 cm³/mol. The van der Waals surface area contributed by atoms with Gasteiger partial charge in [0.25, 0.3) is 0 Å². The van der Waals surface area contributed by atoms with Crippen molar-refractivity contribution in [3.05, 3.63) is 89.5 Å². The maximum atomic E-state index is 12.5. The number of nitrogens with zero attached hydrogens (tertiary/aromatic N) is 2. The van der Waals surface area contributed by atoms with Crippen molar-refractivity contribution in [2.24, 2.45) is 11.0 Å². The van der Waals surface area contributed by atoms with Gasteiger partial charge in [0.05, 0.1) is 24.6 Å². The lowest BCUT2D eigenvalue weighted by atomic mass is 9.97. The summed E-state index contributed by atoms with van der Waals surface area (Å²) < 4.78 is 5.31. The van der Waals surface area contributed by atoms with E-state index in [9.17, 15) is 4.79 Å². The number of ketones is 1. The number of ether oxygens (including phenoxy) is 1. The molecule has 1 aliphatic heterocycles. The SMILES string of the molecule is COc1ccc(C2=NN(c3ccc(C(=O)CC(C)C)cc3)C(c3ccc(SC)cc3)C2)cc1. The van der Waals surface area contributed by atoms with Crippen LogP contribution >= 0.6 is 11.8 Å².